The van der Waals surface area contributed by atoms with E-state index < -0.39 is 17.9 Å². The molecule has 0 aliphatic carbocycles. The highest BCUT2D eigenvalue weighted by Crippen LogP contribution is 2.19. The van der Waals surface area contributed by atoms with Crippen molar-refractivity contribution >= 4 is 34.8 Å². The van der Waals surface area contributed by atoms with Crippen LogP contribution in [0.15, 0.2) is 34.5 Å². The van der Waals surface area contributed by atoms with Gasteiger partial charge in [0.25, 0.3) is 11.8 Å². The summed E-state index contributed by atoms with van der Waals surface area (Å²) in [5.41, 5.74) is 1.13. The molecule has 1 aliphatic rings. The third kappa shape index (κ3) is 3.27. The molecule has 1 saturated heterocycles. The molecular formula is C16H16N4O2S. The largest absolute Gasteiger partial charge is 0.287 e. The summed E-state index contributed by atoms with van der Waals surface area (Å²) in [4.78, 5) is 27.5. The Balaban J connectivity index is 2.31. The minimum Gasteiger partial charge on any atom is -0.287 e. The Morgan fingerprint density at radius 1 is 1.22 bits per heavy atom. The first-order valence-corrected chi connectivity index (χ1v) is 7.58. The fourth-order valence-corrected chi connectivity index (χ4v) is 2.64. The zero-order valence-electron chi connectivity index (χ0n) is 12.9. The van der Waals surface area contributed by atoms with Crippen LogP contribution in [0.2, 0.25) is 0 Å². The van der Waals surface area contributed by atoms with Gasteiger partial charge in [-0.1, -0.05) is 12.0 Å². The number of hydrogen-bond donors (Lipinski definition) is 0. The van der Waals surface area contributed by atoms with E-state index >= 15 is 0 Å². The van der Waals surface area contributed by atoms with Crippen molar-refractivity contribution in [1.82, 2.24) is 9.80 Å². The zero-order valence-corrected chi connectivity index (χ0v) is 13.7. The van der Waals surface area contributed by atoms with Crippen LogP contribution in [0.1, 0.15) is 19.4 Å². The van der Waals surface area contributed by atoms with Gasteiger partial charge in [-0.25, -0.2) is 0 Å². The van der Waals surface area contributed by atoms with Crippen LogP contribution in [0.5, 0.6) is 0 Å². The lowest BCUT2D eigenvalue weighted by molar-refractivity contribution is -0.142. The number of carbonyl (C=O) groups is 2. The van der Waals surface area contributed by atoms with Crippen LogP contribution in [-0.2, 0) is 9.59 Å². The Hall–Kier alpha value is -2.59. The minimum atomic E-state index is -1.21. The van der Waals surface area contributed by atoms with Crippen molar-refractivity contribution in [2.24, 2.45) is 10.2 Å². The van der Waals surface area contributed by atoms with Gasteiger partial charge in [0.05, 0.1) is 5.69 Å². The minimum absolute atomic E-state index is 0.214. The molecule has 0 saturated carbocycles. The molecule has 0 bridgehead atoms. The first-order valence-electron chi connectivity index (χ1n) is 7.17. The van der Waals surface area contributed by atoms with E-state index in [4.69, 9.17) is 18.6 Å². The van der Waals surface area contributed by atoms with Gasteiger partial charge in [-0.15, -0.1) is 6.42 Å². The Labute approximate surface area is 140 Å². The molecular weight excluding hydrogens is 312 g/mol. The molecule has 0 aromatic heterocycles. The van der Waals surface area contributed by atoms with Gasteiger partial charge in [0.1, 0.15) is 0 Å². The molecule has 0 unspecified atom stereocenters. The predicted molar refractivity (Wildman–Crippen MR) is 90.1 cm³/mol. The van der Waals surface area contributed by atoms with E-state index in [1.54, 1.807) is 38.1 Å². The van der Waals surface area contributed by atoms with Gasteiger partial charge in [0, 0.05) is 18.7 Å². The van der Waals surface area contributed by atoms with Crippen LogP contribution in [0, 0.1) is 12.3 Å². The second-order valence-corrected chi connectivity index (χ2v) is 5.13. The van der Waals surface area contributed by atoms with E-state index in [9.17, 15) is 9.59 Å². The maximum Gasteiger partial charge on any atom is 0.265 e. The Kier molecular flexibility index (Phi) is 5.19. The Morgan fingerprint density at radius 2 is 1.83 bits per heavy atom. The molecule has 2 rings (SSSR count). The number of terminal acetylenes is 1. The van der Waals surface area contributed by atoms with E-state index in [0.717, 1.165) is 0 Å². The van der Waals surface area contributed by atoms with Crippen molar-refractivity contribution in [3.63, 3.8) is 0 Å². The molecule has 0 N–H and O–H groups in total. The van der Waals surface area contributed by atoms with Crippen molar-refractivity contribution in [1.29, 1.82) is 0 Å². The fraction of sp³-hybridized carbons (Fsp3) is 0.312. The molecule has 118 valence electrons. The molecule has 1 aromatic carbocycles. The number of hydrogen-bond acceptors (Lipinski definition) is 5. The van der Waals surface area contributed by atoms with Crippen molar-refractivity contribution in [3.8, 4) is 12.3 Å². The highest BCUT2D eigenvalue weighted by atomic mass is 32.1. The molecule has 0 radical (unpaired) electrons. The lowest BCUT2D eigenvalue weighted by Gasteiger charge is -2.36. The lowest BCUT2D eigenvalue weighted by Crippen LogP contribution is -2.61. The first kappa shape index (κ1) is 16.8. The molecule has 1 aliphatic heterocycles. The van der Waals surface area contributed by atoms with Crippen LogP contribution >= 0.6 is 12.2 Å². The zero-order chi connectivity index (χ0) is 17.0. The highest BCUT2D eigenvalue weighted by molar-refractivity contribution is 7.80. The van der Waals surface area contributed by atoms with Gasteiger partial charge < -0.3 is 0 Å². The van der Waals surface area contributed by atoms with Gasteiger partial charge in [0.15, 0.2) is 5.11 Å². The summed E-state index contributed by atoms with van der Waals surface area (Å²) < 4.78 is 0. The maximum atomic E-state index is 12.4. The number of amides is 2. The number of thiocarbonyl (C=S) groups is 1. The molecule has 1 aromatic rings. The maximum absolute atomic E-state index is 12.4. The van der Waals surface area contributed by atoms with E-state index in [0.29, 0.717) is 24.3 Å². The van der Waals surface area contributed by atoms with Gasteiger partial charge in [-0.2, -0.15) is 10.2 Å². The molecule has 7 heteroatoms. The van der Waals surface area contributed by atoms with Crippen molar-refractivity contribution < 1.29 is 9.59 Å². The highest BCUT2D eigenvalue weighted by Gasteiger charge is 2.42. The molecule has 0 spiro atoms. The quantitative estimate of drug-likeness (QED) is 0.368. The Morgan fingerprint density at radius 3 is 2.35 bits per heavy atom. The average Bonchev–Trinajstić information content (AvgIpc) is 2.55. The van der Waals surface area contributed by atoms with Crippen LogP contribution in [0.4, 0.5) is 5.69 Å². The van der Waals surface area contributed by atoms with Gasteiger partial charge in [-0.05, 0) is 44.3 Å². The second kappa shape index (κ2) is 7.11. The third-order valence-electron chi connectivity index (χ3n) is 3.40. The fourth-order valence-electron chi connectivity index (χ4n) is 2.20. The number of carbonyl (C=O) groups excluding carboxylic acids is 2. The number of azo groups is 1. The predicted octanol–water partition coefficient (Wildman–Crippen LogP) is 2.12. The van der Waals surface area contributed by atoms with E-state index in [1.165, 1.54) is 9.80 Å². The summed E-state index contributed by atoms with van der Waals surface area (Å²) >= 11 is 5.18. The van der Waals surface area contributed by atoms with Gasteiger partial charge >= 0.3 is 0 Å². The van der Waals surface area contributed by atoms with Crippen molar-refractivity contribution in [2.75, 3.05) is 13.1 Å². The van der Waals surface area contributed by atoms with Crippen LogP contribution in [0.25, 0.3) is 0 Å². The van der Waals surface area contributed by atoms with Crippen LogP contribution < -0.4 is 0 Å². The van der Waals surface area contributed by atoms with Crippen molar-refractivity contribution in [2.45, 2.75) is 19.9 Å². The number of rotatable bonds is 4. The summed E-state index contributed by atoms with van der Waals surface area (Å²) in [7, 11) is 0. The SMILES string of the molecule is C#Cc1cccc(/N=N/C2C(=O)N(CC)C(=S)N(CC)C2=O)c1. The van der Waals surface area contributed by atoms with Crippen LogP contribution in [-0.4, -0.2) is 45.9 Å². The smallest absolute Gasteiger partial charge is 0.265 e. The van der Waals surface area contributed by atoms with E-state index in [-0.39, 0.29) is 5.11 Å². The summed E-state index contributed by atoms with van der Waals surface area (Å²) in [5.74, 6) is 1.58. The molecule has 23 heavy (non-hydrogen) atoms. The Bertz CT molecular complexity index is 697. The normalized spacial score (nSPS) is 16.3. The van der Waals surface area contributed by atoms with E-state index in [1.807, 2.05) is 0 Å². The number of nitrogens with zero attached hydrogens (tertiary/aromatic N) is 4. The van der Waals surface area contributed by atoms with Crippen LogP contribution in [0.3, 0.4) is 0 Å². The van der Waals surface area contributed by atoms with Gasteiger partial charge in [0.2, 0.25) is 6.04 Å². The number of likely N-dealkylation sites (N-methyl/N-ethyl adjacent to an activating group) is 2. The first-order chi connectivity index (χ1) is 11.0. The molecule has 6 nitrogen and oxygen atoms in total. The molecule has 0 atom stereocenters. The lowest BCUT2D eigenvalue weighted by atomic mass is 10.2. The molecule has 1 fully saturated rings. The topological polar surface area (TPSA) is 65.3 Å². The summed E-state index contributed by atoms with van der Waals surface area (Å²) in [6, 6.07) is 5.63. The second-order valence-electron chi connectivity index (χ2n) is 4.76. The standard InChI is InChI=1S/C16H16N4O2S/c1-4-11-8-7-9-12(10-11)17-18-13-14(21)19(5-2)16(23)20(6-3)15(13)22/h1,7-10,13H,5-6H2,2-3H3/b18-17+. The average molecular weight is 328 g/mol. The third-order valence-corrected chi connectivity index (χ3v) is 3.84. The van der Waals surface area contributed by atoms with Crippen molar-refractivity contribution in [3.05, 3.63) is 29.8 Å². The monoisotopic (exact) mass is 328 g/mol. The summed E-state index contributed by atoms with van der Waals surface area (Å²) in [5, 5.41) is 8.14. The molecule has 2 amide bonds. The number of benzene rings is 1. The van der Waals surface area contributed by atoms with Gasteiger partial charge in [-0.3, -0.25) is 19.4 Å². The summed E-state index contributed by atoms with van der Waals surface area (Å²) in [6.07, 6.45) is 5.33. The molecule has 1 heterocycles. The van der Waals surface area contributed by atoms with E-state index in [2.05, 4.69) is 16.1 Å². The summed E-state index contributed by atoms with van der Waals surface area (Å²) in [6.45, 7) is 4.33.